The Labute approximate surface area is 269 Å². The lowest BCUT2D eigenvalue weighted by molar-refractivity contribution is -0.158. The third-order valence-electron chi connectivity index (χ3n) is 9.90. The molecule has 248 valence electrons. The van der Waals surface area contributed by atoms with Crippen LogP contribution < -0.4 is 5.32 Å². The SMILES string of the molecule is C/C(=C\C(C(C)C)N(C)C(=O)C(NC(=O)C1CCCCN1C)C(C)C)C(=O)N1CCC[C@H]1C(=O)OC1CCCc2ccccc21. The zero-order valence-corrected chi connectivity index (χ0v) is 28.4. The van der Waals surface area contributed by atoms with Crippen molar-refractivity contribution in [3.63, 3.8) is 0 Å². The molecule has 2 aliphatic heterocycles. The largest absolute Gasteiger partial charge is 0.456 e. The number of benzene rings is 1. The molecule has 9 heteroatoms. The van der Waals surface area contributed by atoms with Crippen LogP contribution in [0.15, 0.2) is 35.9 Å². The normalized spacial score (nSPS) is 23.8. The fraction of sp³-hybridized carbons (Fsp3) is 0.667. The molecule has 3 amide bonds. The van der Waals surface area contributed by atoms with Crippen molar-refractivity contribution in [3.8, 4) is 0 Å². The molecule has 2 fully saturated rings. The molecular formula is C36H54N4O5. The second-order valence-corrected chi connectivity index (χ2v) is 13.9. The van der Waals surface area contributed by atoms with Crippen LogP contribution in [-0.2, 0) is 30.3 Å². The number of fused-ring (bicyclic) bond motifs is 1. The van der Waals surface area contributed by atoms with Gasteiger partial charge in [0, 0.05) is 19.2 Å². The number of esters is 1. The van der Waals surface area contributed by atoms with Crippen molar-refractivity contribution in [3.05, 3.63) is 47.0 Å². The number of hydrogen-bond donors (Lipinski definition) is 1. The molecule has 0 spiro atoms. The molecule has 3 aliphatic rings. The number of nitrogens with zero attached hydrogens (tertiary/aromatic N) is 3. The zero-order chi connectivity index (χ0) is 32.8. The molecule has 0 bridgehead atoms. The Morgan fingerprint density at radius 3 is 2.33 bits per heavy atom. The van der Waals surface area contributed by atoms with Gasteiger partial charge in [-0.25, -0.2) is 4.79 Å². The van der Waals surface area contributed by atoms with E-state index in [0.717, 1.165) is 57.1 Å². The molecule has 2 heterocycles. The first-order chi connectivity index (χ1) is 21.4. The molecule has 2 saturated heterocycles. The summed E-state index contributed by atoms with van der Waals surface area (Å²) in [4.78, 5) is 59.7. The first-order valence-electron chi connectivity index (χ1n) is 17.0. The summed E-state index contributed by atoms with van der Waals surface area (Å²) in [5, 5.41) is 3.05. The Morgan fingerprint density at radius 1 is 0.933 bits per heavy atom. The number of carbonyl (C=O) groups excluding carboxylic acids is 4. The molecule has 4 rings (SSSR count). The highest BCUT2D eigenvalue weighted by Gasteiger charge is 2.39. The molecule has 45 heavy (non-hydrogen) atoms. The van der Waals surface area contributed by atoms with Crippen LogP contribution in [0.1, 0.15) is 96.8 Å². The Kier molecular flexibility index (Phi) is 11.9. The number of rotatable bonds is 10. The second-order valence-electron chi connectivity index (χ2n) is 13.9. The summed E-state index contributed by atoms with van der Waals surface area (Å²) >= 11 is 0. The van der Waals surface area contributed by atoms with Crippen molar-refractivity contribution in [1.82, 2.24) is 20.0 Å². The quantitative estimate of drug-likeness (QED) is 0.301. The summed E-state index contributed by atoms with van der Waals surface area (Å²) in [6.07, 6.45) is 8.46. The Balaban J connectivity index is 1.44. The molecule has 9 nitrogen and oxygen atoms in total. The number of amides is 3. The van der Waals surface area contributed by atoms with Crippen molar-refractivity contribution >= 4 is 23.7 Å². The monoisotopic (exact) mass is 622 g/mol. The van der Waals surface area contributed by atoms with Gasteiger partial charge in [-0.05, 0) is 88.4 Å². The van der Waals surface area contributed by atoms with Gasteiger partial charge in [-0.15, -0.1) is 0 Å². The average molecular weight is 623 g/mol. The minimum absolute atomic E-state index is 0.0143. The topological polar surface area (TPSA) is 99.3 Å². The molecule has 5 atom stereocenters. The summed E-state index contributed by atoms with van der Waals surface area (Å²) in [5.74, 6) is -0.932. The predicted octanol–water partition coefficient (Wildman–Crippen LogP) is 4.65. The van der Waals surface area contributed by atoms with Crippen molar-refractivity contribution in [2.24, 2.45) is 11.8 Å². The molecule has 1 aromatic rings. The third kappa shape index (κ3) is 8.15. The molecule has 4 unspecified atom stereocenters. The molecule has 0 saturated carbocycles. The van der Waals surface area contributed by atoms with Crippen molar-refractivity contribution in [2.75, 3.05) is 27.2 Å². The van der Waals surface area contributed by atoms with Gasteiger partial charge in [-0.3, -0.25) is 19.3 Å². The minimum Gasteiger partial charge on any atom is -0.456 e. The van der Waals surface area contributed by atoms with Crippen LogP contribution in [0.25, 0.3) is 0 Å². The fourth-order valence-corrected chi connectivity index (χ4v) is 7.15. The van der Waals surface area contributed by atoms with E-state index in [1.54, 1.807) is 23.8 Å². The van der Waals surface area contributed by atoms with Crippen LogP contribution in [0.4, 0.5) is 0 Å². The van der Waals surface area contributed by atoms with Crippen LogP contribution in [0, 0.1) is 11.8 Å². The highest BCUT2D eigenvalue weighted by atomic mass is 16.5. The fourth-order valence-electron chi connectivity index (χ4n) is 7.15. The van der Waals surface area contributed by atoms with E-state index in [-0.39, 0.29) is 53.7 Å². The van der Waals surface area contributed by atoms with E-state index < -0.39 is 12.1 Å². The van der Waals surface area contributed by atoms with Gasteiger partial charge >= 0.3 is 5.97 Å². The van der Waals surface area contributed by atoms with E-state index in [1.165, 1.54) is 5.56 Å². The van der Waals surface area contributed by atoms with Gasteiger partial charge in [0.1, 0.15) is 18.2 Å². The summed E-state index contributed by atoms with van der Waals surface area (Å²) in [7, 11) is 3.70. The van der Waals surface area contributed by atoms with E-state index in [2.05, 4.69) is 16.3 Å². The highest BCUT2D eigenvalue weighted by Crippen LogP contribution is 2.34. The smallest absolute Gasteiger partial charge is 0.329 e. The maximum atomic E-state index is 13.9. The van der Waals surface area contributed by atoms with Gasteiger partial charge in [0.25, 0.3) is 0 Å². The number of likely N-dealkylation sites (tertiary alicyclic amines) is 2. The molecule has 0 radical (unpaired) electrons. The van der Waals surface area contributed by atoms with Crippen molar-refractivity contribution < 1.29 is 23.9 Å². The molecule has 1 aromatic carbocycles. The average Bonchev–Trinajstić information content (AvgIpc) is 3.51. The maximum Gasteiger partial charge on any atom is 0.329 e. The number of likely N-dealkylation sites (N-methyl/N-ethyl adjacent to an activating group) is 2. The maximum absolute atomic E-state index is 13.9. The second kappa shape index (κ2) is 15.4. The van der Waals surface area contributed by atoms with Crippen LogP contribution >= 0.6 is 0 Å². The number of hydrogen-bond acceptors (Lipinski definition) is 6. The Hall–Kier alpha value is -3.20. The minimum atomic E-state index is -0.675. The van der Waals surface area contributed by atoms with E-state index in [4.69, 9.17) is 4.74 Å². The molecule has 1 N–H and O–H groups in total. The summed E-state index contributed by atoms with van der Waals surface area (Å²) in [6.45, 7) is 11.0. The Bertz CT molecular complexity index is 1260. The van der Waals surface area contributed by atoms with Gasteiger partial charge < -0.3 is 19.9 Å². The van der Waals surface area contributed by atoms with Gasteiger partial charge in [0.05, 0.1) is 12.1 Å². The van der Waals surface area contributed by atoms with Crippen LogP contribution in [-0.4, -0.2) is 89.7 Å². The van der Waals surface area contributed by atoms with E-state index >= 15 is 0 Å². The lowest BCUT2D eigenvalue weighted by Gasteiger charge is -2.36. The number of carbonyl (C=O) groups is 4. The van der Waals surface area contributed by atoms with E-state index in [9.17, 15) is 19.2 Å². The standard InChI is InChI=1S/C36H54N4O5/c1-23(2)30(39(7)35(43)32(24(3)4)37-33(41)28-17-10-11-20-38(28)6)22-25(5)34(42)40-21-13-18-29(40)36(44)45-31-19-12-15-26-14-8-9-16-27(26)31/h8-9,14,16,22-24,28-32H,10-13,15,17-21H2,1-7H3,(H,37,41)/b25-22+/t28?,29-,30?,31?,32?/m0/s1. The third-order valence-corrected chi connectivity index (χ3v) is 9.90. The first-order valence-corrected chi connectivity index (χ1v) is 17.0. The predicted molar refractivity (Wildman–Crippen MR) is 175 cm³/mol. The van der Waals surface area contributed by atoms with Crippen LogP contribution in [0.3, 0.4) is 0 Å². The lowest BCUT2D eigenvalue weighted by atomic mass is 9.89. The van der Waals surface area contributed by atoms with Crippen LogP contribution in [0.5, 0.6) is 0 Å². The number of ether oxygens (including phenoxy) is 1. The van der Waals surface area contributed by atoms with Crippen LogP contribution in [0.2, 0.25) is 0 Å². The molecule has 1 aliphatic carbocycles. The van der Waals surface area contributed by atoms with Crippen molar-refractivity contribution in [1.29, 1.82) is 0 Å². The summed E-state index contributed by atoms with van der Waals surface area (Å²) in [5.41, 5.74) is 2.78. The number of nitrogens with one attached hydrogen (secondary N) is 1. The van der Waals surface area contributed by atoms with Gasteiger partial charge in [-0.2, -0.15) is 0 Å². The number of aryl methyl sites for hydroxylation is 1. The molecule has 0 aromatic heterocycles. The van der Waals surface area contributed by atoms with Gasteiger partial charge in [0.2, 0.25) is 17.7 Å². The van der Waals surface area contributed by atoms with Gasteiger partial charge in [-0.1, -0.05) is 64.5 Å². The zero-order valence-electron chi connectivity index (χ0n) is 28.4. The summed E-state index contributed by atoms with van der Waals surface area (Å²) < 4.78 is 6.04. The highest BCUT2D eigenvalue weighted by molar-refractivity contribution is 5.96. The lowest BCUT2D eigenvalue weighted by Crippen LogP contribution is -2.57. The Morgan fingerprint density at radius 2 is 1.64 bits per heavy atom. The first kappa shape index (κ1) is 34.7. The molecular weight excluding hydrogens is 568 g/mol. The van der Waals surface area contributed by atoms with E-state index in [0.29, 0.717) is 18.5 Å². The van der Waals surface area contributed by atoms with E-state index in [1.807, 2.05) is 59.0 Å². The number of piperidine rings is 1. The summed E-state index contributed by atoms with van der Waals surface area (Å²) in [6, 6.07) is 6.22. The van der Waals surface area contributed by atoms with Gasteiger partial charge in [0.15, 0.2) is 0 Å². The van der Waals surface area contributed by atoms with Crippen molar-refractivity contribution in [2.45, 2.75) is 116 Å².